The van der Waals surface area contributed by atoms with E-state index in [0.717, 1.165) is 0 Å². The number of amides is 2. The molecule has 0 unspecified atom stereocenters. The van der Waals surface area contributed by atoms with Crippen LogP contribution in [0.25, 0.3) is 0 Å². The summed E-state index contributed by atoms with van der Waals surface area (Å²) in [4.78, 5) is 34.8. The summed E-state index contributed by atoms with van der Waals surface area (Å²) in [5.41, 5.74) is 0.947. The molecule has 2 amide bonds. The van der Waals surface area contributed by atoms with Gasteiger partial charge in [0.05, 0.1) is 23.2 Å². The van der Waals surface area contributed by atoms with Crippen molar-refractivity contribution in [2.45, 2.75) is 19.8 Å². The Bertz CT molecular complexity index is 624. The largest absolute Gasteiger partial charge is 0.481 e. The van der Waals surface area contributed by atoms with E-state index in [1.807, 2.05) is 6.08 Å². The first-order chi connectivity index (χ1) is 10.5. The number of carbonyl (C=O) groups is 3. The van der Waals surface area contributed by atoms with E-state index in [2.05, 4.69) is 10.6 Å². The summed E-state index contributed by atoms with van der Waals surface area (Å²) >= 11 is 0. The summed E-state index contributed by atoms with van der Waals surface area (Å²) in [7, 11) is 0. The van der Waals surface area contributed by atoms with Crippen molar-refractivity contribution in [3.63, 3.8) is 0 Å². The van der Waals surface area contributed by atoms with Crippen LogP contribution in [0, 0.1) is 11.8 Å². The Morgan fingerprint density at radius 3 is 2.09 bits per heavy atom. The van der Waals surface area contributed by atoms with Crippen molar-refractivity contribution in [2.75, 3.05) is 10.6 Å². The predicted octanol–water partition coefficient (Wildman–Crippen LogP) is 2.25. The van der Waals surface area contributed by atoms with Gasteiger partial charge in [0.1, 0.15) is 0 Å². The topological polar surface area (TPSA) is 95.5 Å². The lowest BCUT2D eigenvalue weighted by molar-refractivity contribution is -0.146. The van der Waals surface area contributed by atoms with E-state index in [0.29, 0.717) is 24.2 Å². The van der Waals surface area contributed by atoms with Crippen LogP contribution >= 0.6 is 0 Å². The normalized spacial score (nSPS) is 20.2. The fourth-order valence-electron chi connectivity index (χ4n) is 2.49. The van der Waals surface area contributed by atoms with E-state index in [-0.39, 0.29) is 11.8 Å². The van der Waals surface area contributed by atoms with Gasteiger partial charge in [-0.05, 0) is 25.0 Å². The molecular formula is C16H18N2O4. The molecule has 116 valence electrons. The van der Waals surface area contributed by atoms with Gasteiger partial charge in [-0.25, -0.2) is 0 Å². The molecule has 0 aromatic heterocycles. The number of anilines is 2. The van der Waals surface area contributed by atoms with Gasteiger partial charge in [0, 0.05) is 6.92 Å². The number of carbonyl (C=O) groups excluding carboxylic acids is 2. The fraction of sp³-hybridized carbons (Fsp3) is 0.312. The molecule has 2 atom stereocenters. The Hall–Kier alpha value is -2.63. The number of carboxylic acids is 1. The fourth-order valence-corrected chi connectivity index (χ4v) is 2.49. The van der Waals surface area contributed by atoms with Gasteiger partial charge in [0.25, 0.3) is 0 Å². The summed E-state index contributed by atoms with van der Waals surface area (Å²) < 4.78 is 0. The lowest BCUT2D eigenvalue weighted by Crippen LogP contribution is -2.34. The minimum atomic E-state index is -0.973. The third-order valence-corrected chi connectivity index (χ3v) is 3.58. The maximum Gasteiger partial charge on any atom is 0.307 e. The number of carboxylic acid groups (broad SMARTS) is 1. The third kappa shape index (κ3) is 3.72. The zero-order valence-corrected chi connectivity index (χ0v) is 12.2. The van der Waals surface area contributed by atoms with Gasteiger partial charge >= 0.3 is 5.97 Å². The van der Waals surface area contributed by atoms with Crippen molar-refractivity contribution in [1.82, 2.24) is 0 Å². The van der Waals surface area contributed by atoms with Gasteiger partial charge in [-0.1, -0.05) is 24.3 Å². The summed E-state index contributed by atoms with van der Waals surface area (Å²) in [5, 5.41) is 14.6. The zero-order chi connectivity index (χ0) is 16.1. The summed E-state index contributed by atoms with van der Waals surface area (Å²) in [6.07, 6.45) is 4.35. The van der Waals surface area contributed by atoms with E-state index in [1.165, 1.54) is 6.92 Å². The Morgan fingerprint density at radius 1 is 1.00 bits per heavy atom. The number of nitrogens with one attached hydrogen (secondary N) is 2. The lowest BCUT2D eigenvalue weighted by atomic mass is 9.82. The lowest BCUT2D eigenvalue weighted by Gasteiger charge is -2.24. The van der Waals surface area contributed by atoms with E-state index >= 15 is 0 Å². The SMILES string of the molecule is CC(=O)Nc1ccccc1NC(=O)[C@H]1CC=CC[C@H]1C(=O)O. The van der Waals surface area contributed by atoms with Gasteiger partial charge in [-0.15, -0.1) is 0 Å². The first-order valence-corrected chi connectivity index (χ1v) is 7.04. The second kappa shape index (κ2) is 6.89. The van der Waals surface area contributed by atoms with E-state index < -0.39 is 17.8 Å². The minimum Gasteiger partial charge on any atom is -0.481 e. The number of allylic oxidation sites excluding steroid dienone is 2. The molecule has 0 radical (unpaired) electrons. The van der Waals surface area contributed by atoms with Crippen molar-refractivity contribution in [1.29, 1.82) is 0 Å². The highest BCUT2D eigenvalue weighted by atomic mass is 16.4. The van der Waals surface area contributed by atoms with E-state index in [4.69, 9.17) is 0 Å². The van der Waals surface area contributed by atoms with Gasteiger partial charge in [0.15, 0.2) is 0 Å². The highest BCUT2D eigenvalue weighted by Crippen LogP contribution is 2.29. The van der Waals surface area contributed by atoms with Gasteiger partial charge in [0.2, 0.25) is 11.8 Å². The molecule has 1 aliphatic rings. The number of rotatable bonds is 4. The van der Waals surface area contributed by atoms with Crippen LogP contribution in [0.1, 0.15) is 19.8 Å². The van der Waals surface area contributed by atoms with Crippen molar-refractivity contribution in [3.05, 3.63) is 36.4 Å². The zero-order valence-electron chi connectivity index (χ0n) is 12.2. The molecule has 0 aliphatic heterocycles. The smallest absolute Gasteiger partial charge is 0.307 e. The van der Waals surface area contributed by atoms with Crippen LogP contribution < -0.4 is 10.6 Å². The van der Waals surface area contributed by atoms with Crippen LogP contribution in [0.3, 0.4) is 0 Å². The molecule has 0 saturated carbocycles. The van der Waals surface area contributed by atoms with Gasteiger partial charge < -0.3 is 15.7 Å². The van der Waals surface area contributed by atoms with Crippen LogP contribution in [-0.2, 0) is 14.4 Å². The molecule has 0 bridgehead atoms. The Balaban J connectivity index is 2.16. The maximum absolute atomic E-state index is 12.4. The second-order valence-corrected chi connectivity index (χ2v) is 5.21. The first kappa shape index (κ1) is 15.8. The standard InChI is InChI=1S/C16H18N2O4/c1-10(19)17-13-8-4-5-9-14(13)18-15(20)11-6-2-3-7-12(11)16(21)22/h2-5,8-9,11-12H,6-7H2,1H3,(H,17,19)(H,18,20)(H,21,22)/t11-,12+/m0/s1. The maximum atomic E-state index is 12.4. The average molecular weight is 302 g/mol. The van der Waals surface area contributed by atoms with Crippen LogP contribution in [0.5, 0.6) is 0 Å². The number of benzene rings is 1. The molecule has 6 nitrogen and oxygen atoms in total. The molecule has 0 spiro atoms. The van der Waals surface area contributed by atoms with Crippen molar-refractivity contribution in [2.24, 2.45) is 11.8 Å². The first-order valence-electron chi connectivity index (χ1n) is 7.04. The van der Waals surface area contributed by atoms with Gasteiger partial charge in [-0.2, -0.15) is 0 Å². The Labute approximate surface area is 128 Å². The molecule has 0 saturated heterocycles. The number of hydrogen-bond acceptors (Lipinski definition) is 3. The van der Waals surface area contributed by atoms with Crippen molar-refractivity contribution >= 4 is 29.2 Å². The molecule has 1 aliphatic carbocycles. The average Bonchev–Trinajstić information content (AvgIpc) is 2.48. The molecular weight excluding hydrogens is 284 g/mol. The molecule has 1 aromatic carbocycles. The molecule has 22 heavy (non-hydrogen) atoms. The molecule has 0 fully saturated rings. The summed E-state index contributed by atoms with van der Waals surface area (Å²) in [6, 6.07) is 6.81. The van der Waals surface area contributed by atoms with Gasteiger partial charge in [-0.3, -0.25) is 14.4 Å². The number of para-hydroxylation sites is 2. The van der Waals surface area contributed by atoms with Crippen molar-refractivity contribution < 1.29 is 19.5 Å². The molecule has 3 N–H and O–H groups in total. The Kier molecular flexibility index (Phi) is 4.93. The quantitative estimate of drug-likeness (QED) is 0.743. The Morgan fingerprint density at radius 2 is 1.55 bits per heavy atom. The number of aliphatic carboxylic acids is 1. The predicted molar refractivity (Wildman–Crippen MR) is 82.4 cm³/mol. The van der Waals surface area contributed by atoms with Crippen LogP contribution in [0.2, 0.25) is 0 Å². The van der Waals surface area contributed by atoms with Crippen LogP contribution in [-0.4, -0.2) is 22.9 Å². The molecule has 6 heteroatoms. The van der Waals surface area contributed by atoms with E-state index in [1.54, 1.807) is 30.3 Å². The monoisotopic (exact) mass is 302 g/mol. The third-order valence-electron chi connectivity index (χ3n) is 3.58. The van der Waals surface area contributed by atoms with Crippen LogP contribution in [0.15, 0.2) is 36.4 Å². The van der Waals surface area contributed by atoms with Crippen LogP contribution in [0.4, 0.5) is 11.4 Å². The molecule has 1 aromatic rings. The summed E-state index contributed by atoms with van der Waals surface area (Å²) in [5.74, 6) is -2.91. The summed E-state index contributed by atoms with van der Waals surface area (Å²) in [6.45, 7) is 1.38. The second-order valence-electron chi connectivity index (χ2n) is 5.21. The highest BCUT2D eigenvalue weighted by molar-refractivity contribution is 6.00. The highest BCUT2D eigenvalue weighted by Gasteiger charge is 2.34. The minimum absolute atomic E-state index is 0.245. The molecule has 0 heterocycles. The molecule has 2 rings (SSSR count). The van der Waals surface area contributed by atoms with E-state index in [9.17, 15) is 19.5 Å². The number of hydrogen-bond donors (Lipinski definition) is 3. The van der Waals surface area contributed by atoms with Crippen molar-refractivity contribution in [3.8, 4) is 0 Å².